The summed E-state index contributed by atoms with van der Waals surface area (Å²) < 4.78 is 15.4. The molecule has 144 valence electrons. The number of imidazole rings is 2. The quantitative estimate of drug-likeness (QED) is 0.418. The number of benzene rings is 3. The van der Waals surface area contributed by atoms with E-state index in [4.69, 9.17) is 14.5 Å². The SMILES string of the molecule is Cl.c1ccc(Cn2c3ccccc3n3cc(-c4ccc5c(c4)OCO5)nc23)cc1. The summed E-state index contributed by atoms with van der Waals surface area (Å²) in [6, 6.07) is 24.9. The van der Waals surface area contributed by atoms with Crippen LogP contribution in [0.15, 0.2) is 79.0 Å². The highest BCUT2D eigenvalue weighted by Gasteiger charge is 2.18. The molecule has 0 radical (unpaired) electrons. The van der Waals surface area contributed by atoms with Crippen molar-refractivity contribution in [2.24, 2.45) is 0 Å². The molecule has 1 aliphatic heterocycles. The summed E-state index contributed by atoms with van der Waals surface area (Å²) in [7, 11) is 0. The minimum absolute atomic E-state index is 0. The summed E-state index contributed by atoms with van der Waals surface area (Å²) in [5.41, 5.74) is 5.50. The Balaban J connectivity index is 0.00000181. The van der Waals surface area contributed by atoms with Gasteiger partial charge in [0.25, 0.3) is 0 Å². The molecule has 3 heterocycles. The van der Waals surface area contributed by atoms with Gasteiger partial charge in [0.1, 0.15) is 0 Å². The molecule has 0 spiro atoms. The minimum Gasteiger partial charge on any atom is -0.454 e. The van der Waals surface area contributed by atoms with Gasteiger partial charge in [0, 0.05) is 11.8 Å². The summed E-state index contributed by atoms with van der Waals surface area (Å²) in [6.07, 6.45) is 2.09. The average Bonchev–Trinajstić information content (AvgIpc) is 3.44. The third kappa shape index (κ3) is 2.82. The Hall–Kier alpha value is -3.44. The zero-order chi connectivity index (χ0) is 18.5. The predicted molar refractivity (Wildman–Crippen MR) is 115 cm³/mol. The third-order valence-electron chi connectivity index (χ3n) is 5.21. The Morgan fingerprint density at radius 2 is 1.59 bits per heavy atom. The van der Waals surface area contributed by atoms with E-state index in [-0.39, 0.29) is 19.2 Å². The lowest BCUT2D eigenvalue weighted by atomic mass is 10.1. The van der Waals surface area contributed by atoms with E-state index in [2.05, 4.69) is 63.7 Å². The van der Waals surface area contributed by atoms with Gasteiger partial charge in [0.15, 0.2) is 11.5 Å². The first-order valence-electron chi connectivity index (χ1n) is 9.27. The first-order chi connectivity index (χ1) is 13.9. The summed E-state index contributed by atoms with van der Waals surface area (Å²) >= 11 is 0. The molecule has 3 aromatic carbocycles. The van der Waals surface area contributed by atoms with E-state index in [1.807, 2.05) is 24.3 Å². The lowest BCUT2D eigenvalue weighted by Gasteiger charge is -2.05. The highest BCUT2D eigenvalue weighted by molar-refractivity contribution is 5.85. The first-order valence-corrected chi connectivity index (χ1v) is 9.27. The summed E-state index contributed by atoms with van der Waals surface area (Å²) in [5, 5.41) is 0. The molecule has 0 atom stereocenters. The lowest BCUT2D eigenvalue weighted by Crippen LogP contribution is -2.00. The summed E-state index contributed by atoms with van der Waals surface area (Å²) in [5.74, 6) is 2.48. The Kier molecular flexibility index (Phi) is 4.18. The Labute approximate surface area is 173 Å². The van der Waals surface area contributed by atoms with Crippen LogP contribution in [-0.4, -0.2) is 20.7 Å². The molecule has 5 nitrogen and oxygen atoms in total. The summed E-state index contributed by atoms with van der Waals surface area (Å²) in [6.45, 7) is 1.05. The molecule has 0 saturated carbocycles. The van der Waals surface area contributed by atoms with Crippen LogP contribution in [0.25, 0.3) is 28.1 Å². The van der Waals surface area contributed by atoms with Crippen LogP contribution in [0.3, 0.4) is 0 Å². The van der Waals surface area contributed by atoms with Crippen LogP contribution in [0.2, 0.25) is 0 Å². The molecule has 6 rings (SSSR count). The highest BCUT2D eigenvalue weighted by atomic mass is 35.5. The van der Waals surface area contributed by atoms with Crippen LogP contribution in [0.4, 0.5) is 0 Å². The molecule has 0 bridgehead atoms. The van der Waals surface area contributed by atoms with Crippen LogP contribution in [0.5, 0.6) is 11.5 Å². The highest BCUT2D eigenvalue weighted by Crippen LogP contribution is 2.36. The van der Waals surface area contributed by atoms with Crippen molar-refractivity contribution in [1.82, 2.24) is 14.0 Å². The topological polar surface area (TPSA) is 40.7 Å². The fourth-order valence-electron chi connectivity index (χ4n) is 3.86. The third-order valence-corrected chi connectivity index (χ3v) is 5.21. The van der Waals surface area contributed by atoms with E-state index < -0.39 is 0 Å². The van der Waals surface area contributed by atoms with Crippen molar-refractivity contribution in [1.29, 1.82) is 0 Å². The molecule has 0 unspecified atom stereocenters. The van der Waals surface area contributed by atoms with Gasteiger partial charge in [-0.15, -0.1) is 12.4 Å². The standard InChI is InChI=1S/C23H17N3O2.ClH/c1-2-6-16(7-3-1)13-25-19-8-4-5-9-20(19)26-14-18(24-23(25)26)17-10-11-21-22(12-17)28-15-27-21;/h1-12,14H,13,15H2;1H. The monoisotopic (exact) mass is 403 g/mol. The van der Waals surface area contributed by atoms with Crippen LogP contribution in [0.1, 0.15) is 5.56 Å². The van der Waals surface area contributed by atoms with E-state index >= 15 is 0 Å². The zero-order valence-corrected chi connectivity index (χ0v) is 16.3. The van der Waals surface area contributed by atoms with Gasteiger partial charge in [-0.1, -0.05) is 42.5 Å². The van der Waals surface area contributed by atoms with Crippen LogP contribution in [-0.2, 0) is 6.54 Å². The number of hydrogen-bond donors (Lipinski definition) is 0. The van der Waals surface area contributed by atoms with Crippen molar-refractivity contribution in [3.63, 3.8) is 0 Å². The number of nitrogens with zero attached hydrogens (tertiary/aromatic N) is 3. The lowest BCUT2D eigenvalue weighted by molar-refractivity contribution is 0.174. The van der Waals surface area contributed by atoms with Crippen LogP contribution in [0, 0.1) is 0 Å². The van der Waals surface area contributed by atoms with E-state index in [0.29, 0.717) is 0 Å². The molecule has 0 fully saturated rings. The zero-order valence-electron chi connectivity index (χ0n) is 15.5. The van der Waals surface area contributed by atoms with Crippen LogP contribution >= 0.6 is 12.4 Å². The van der Waals surface area contributed by atoms with Gasteiger partial charge >= 0.3 is 0 Å². The molecule has 0 amide bonds. The van der Waals surface area contributed by atoms with Crippen molar-refractivity contribution in [3.8, 4) is 22.8 Å². The molecular weight excluding hydrogens is 386 g/mol. The molecule has 0 aliphatic carbocycles. The number of halogens is 1. The molecule has 5 aromatic rings. The number of aromatic nitrogens is 3. The second-order valence-electron chi connectivity index (χ2n) is 6.92. The predicted octanol–water partition coefficient (Wildman–Crippen LogP) is 5.15. The number of para-hydroxylation sites is 2. The van der Waals surface area contributed by atoms with E-state index in [9.17, 15) is 0 Å². The molecule has 2 aromatic heterocycles. The van der Waals surface area contributed by atoms with Gasteiger partial charge in [-0.05, 0) is 35.9 Å². The molecule has 0 N–H and O–H groups in total. The van der Waals surface area contributed by atoms with Gasteiger partial charge in [-0.3, -0.25) is 4.40 Å². The number of hydrogen-bond acceptors (Lipinski definition) is 3. The van der Waals surface area contributed by atoms with Gasteiger partial charge in [0.05, 0.1) is 23.3 Å². The second kappa shape index (κ2) is 6.87. The molecule has 1 aliphatic rings. The number of fused-ring (bicyclic) bond motifs is 4. The first kappa shape index (κ1) is 17.6. The molecule has 6 heteroatoms. The second-order valence-corrected chi connectivity index (χ2v) is 6.92. The van der Waals surface area contributed by atoms with E-state index in [1.165, 1.54) is 11.1 Å². The van der Waals surface area contributed by atoms with Gasteiger partial charge < -0.3 is 14.0 Å². The van der Waals surface area contributed by atoms with Crippen molar-refractivity contribution < 1.29 is 9.47 Å². The fraction of sp³-hybridized carbons (Fsp3) is 0.0870. The smallest absolute Gasteiger partial charge is 0.231 e. The van der Waals surface area contributed by atoms with Gasteiger partial charge in [-0.2, -0.15) is 0 Å². The maximum Gasteiger partial charge on any atom is 0.231 e. The van der Waals surface area contributed by atoms with Crippen molar-refractivity contribution in [2.45, 2.75) is 6.54 Å². The molecule has 0 saturated heterocycles. The Morgan fingerprint density at radius 3 is 2.45 bits per heavy atom. The largest absolute Gasteiger partial charge is 0.454 e. The van der Waals surface area contributed by atoms with E-state index in [0.717, 1.165) is 40.6 Å². The molecule has 29 heavy (non-hydrogen) atoms. The fourth-order valence-corrected chi connectivity index (χ4v) is 3.86. The van der Waals surface area contributed by atoms with Crippen LogP contribution < -0.4 is 9.47 Å². The van der Waals surface area contributed by atoms with Crippen molar-refractivity contribution >= 4 is 29.2 Å². The van der Waals surface area contributed by atoms with E-state index in [1.54, 1.807) is 0 Å². The Morgan fingerprint density at radius 1 is 0.828 bits per heavy atom. The van der Waals surface area contributed by atoms with Gasteiger partial charge in [0.2, 0.25) is 12.6 Å². The Bertz CT molecular complexity index is 1320. The molecular formula is C23H18ClN3O2. The number of ether oxygens (including phenoxy) is 2. The maximum absolute atomic E-state index is 5.53. The summed E-state index contributed by atoms with van der Waals surface area (Å²) in [4.78, 5) is 4.97. The number of rotatable bonds is 3. The van der Waals surface area contributed by atoms with Gasteiger partial charge in [-0.25, -0.2) is 4.98 Å². The maximum atomic E-state index is 5.53. The van der Waals surface area contributed by atoms with Crippen molar-refractivity contribution in [2.75, 3.05) is 6.79 Å². The minimum atomic E-state index is 0. The average molecular weight is 404 g/mol. The normalized spacial score (nSPS) is 12.4. The van der Waals surface area contributed by atoms with Crippen molar-refractivity contribution in [3.05, 3.63) is 84.6 Å².